The van der Waals surface area contributed by atoms with Crippen LogP contribution in [0, 0.1) is 0 Å². The Morgan fingerprint density at radius 2 is 1.81 bits per heavy atom. The van der Waals surface area contributed by atoms with Crippen LogP contribution in [0.3, 0.4) is 0 Å². The Kier molecular flexibility index (Phi) is 6.70. The standard InChI is InChI=1S/C9H12N2O3S.C8H10N2O2.3H2/c1-7(12)11-8-3-5-9(6-4-8)15(13,14)10-2;1-9-8(11)6-4-7(12-10-6)5-2-3-5;;;/h3-6,10H,1-2H3,(H,11,12);4-5H,2-3H2,1H3,(H,9,11);3*1H. The lowest BCUT2D eigenvalue weighted by molar-refractivity contribution is -0.114. The monoisotopic (exact) mass is 400 g/mol. The van der Waals surface area contributed by atoms with Crippen molar-refractivity contribution < 1.29 is 26.8 Å². The molecule has 0 spiro atoms. The summed E-state index contributed by atoms with van der Waals surface area (Å²) in [5.74, 6) is 0.967. The Balaban J connectivity index is 0. The van der Waals surface area contributed by atoms with Gasteiger partial charge in [-0.2, -0.15) is 0 Å². The predicted octanol–water partition coefficient (Wildman–Crippen LogP) is 2.20. The second-order valence-electron chi connectivity index (χ2n) is 5.88. The zero-order chi connectivity index (χ0) is 20.0. The maximum absolute atomic E-state index is 11.3. The molecule has 2 aromatic rings. The van der Waals surface area contributed by atoms with E-state index in [1.165, 1.54) is 38.2 Å². The maximum Gasteiger partial charge on any atom is 0.273 e. The molecule has 1 aliphatic carbocycles. The third kappa shape index (κ3) is 5.90. The summed E-state index contributed by atoms with van der Waals surface area (Å²) in [6, 6.07) is 7.64. The quantitative estimate of drug-likeness (QED) is 0.705. The largest absolute Gasteiger partial charge is 0.360 e. The molecule has 0 atom stereocenters. The number of carbonyl (C=O) groups is 2. The molecule has 10 heteroatoms. The molecular formula is C17H28N4O5S. The molecule has 0 saturated heterocycles. The number of nitrogens with zero attached hydrogens (tertiary/aromatic N) is 1. The normalized spacial score (nSPS) is 13.3. The fourth-order valence-electron chi connectivity index (χ4n) is 2.12. The minimum atomic E-state index is -3.41. The van der Waals surface area contributed by atoms with Gasteiger partial charge in [0.1, 0.15) is 5.76 Å². The number of rotatable bonds is 5. The number of benzene rings is 1. The van der Waals surface area contributed by atoms with Crippen molar-refractivity contribution in [2.24, 2.45) is 0 Å². The fraction of sp³-hybridized carbons (Fsp3) is 0.353. The van der Waals surface area contributed by atoms with Crippen LogP contribution >= 0.6 is 0 Å². The topological polar surface area (TPSA) is 130 Å². The molecule has 1 aromatic carbocycles. The summed E-state index contributed by atoms with van der Waals surface area (Å²) in [6.07, 6.45) is 2.31. The number of hydrogen-bond donors (Lipinski definition) is 3. The number of aromatic nitrogens is 1. The number of anilines is 1. The maximum atomic E-state index is 11.3. The van der Waals surface area contributed by atoms with E-state index < -0.39 is 10.0 Å². The highest BCUT2D eigenvalue weighted by Gasteiger charge is 2.28. The van der Waals surface area contributed by atoms with E-state index in [4.69, 9.17) is 4.52 Å². The van der Waals surface area contributed by atoms with Gasteiger partial charge in [0.05, 0.1) is 4.90 Å². The summed E-state index contributed by atoms with van der Waals surface area (Å²) < 4.78 is 29.9. The average Bonchev–Trinajstić information content (AvgIpc) is 3.38. The molecule has 27 heavy (non-hydrogen) atoms. The average molecular weight is 401 g/mol. The lowest BCUT2D eigenvalue weighted by Crippen LogP contribution is -2.18. The van der Waals surface area contributed by atoms with Crippen LogP contribution < -0.4 is 15.4 Å². The van der Waals surface area contributed by atoms with Crippen molar-refractivity contribution in [2.75, 3.05) is 19.4 Å². The predicted molar refractivity (Wildman–Crippen MR) is 105 cm³/mol. The van der Waals surface area contributed by atoms with E-state index in [0.717, 1.165) is 18.6 Å². The van der Waals surface area contributed by atoms with E-state index in [1.54, 1.807) is 13.1 Å². The third-order valence-corrected chi connectivity index (χ3v) is 5.15. The molecule has 152 valence electrons. The molecule has 9 nitrogen and oxygen atoms in total. The van der Waals surface area contributed by atoms with Crippen molar-refractivity contribution in [3.63, 3.8) is 0 Å². The van der Waals surface area contributed by atoms with E-state index in [0.29, 0.717) is 17.3 Å². The van der Waals surface area contributed by atoms with Crippen LogP contribution in [0.4, 0.5) is 5.69 Å². The molecule has 1 saturated carbocycles. The lowest BCUT2D eigenvalue weighted by Gasteiger charge is -2.04. The number of nitrogens with one attached hydrogen (secondary N) is 3. The summed E-state index contributed by atoms with van der Waals surface area (Å²) in [5.41, 5.74) is 0.942. The zero-order valence-electron chi connectivity index (χ0n) is 15.3. The molecule has 1 fully saturated rings. The van der Waals surface area contributed by atoms with Crippen LogP contribution in [0.1, 0.15) is 46.2 Å². The molecule has 1 aromatic heterocycles. The highest BCUT2D eigenvalue weighted by Crippen LogP contribution is 2.40. The number of amides is 2. The van der Waals surface area contributed by atoms with Crippen LogP contribution in [0.5, 0.6) is 0 Å². The summed E-state index contributed by atoms with van der Waals surface area (Å²) in [4.78, 5) is 21.9. The van der Waals surface area contributed by atoms with Crippen molar-refractivity contribution in [3.8, 4) is 0 Å². The fourth-order valence-corrected chi connectivity index (χ4v) is 2.85. The number of carbonyl (C=O) groups excluding carboxylic acids is 2. The number of hydrogen-bond acceptors (Lipinski definition) is 6. The molecular weight excluding hydrogens is 372 g/mol. The molecule has 0 unspecified atom stereocenters. The van der Waals surface area contributed by atoms with Crippen molar-refractivity contribution >= 4 is 27.5 Å². The Morgan fingerprint density at radius 3 is 2.30 bits per heavy atom. The van der Waals surface area contributed by atoms with E-state index >= 15 is 0 Å². The Morgan fingerprint density at radius 1 is 1.19 bits per heavy atom. The van der Waals surface area contributed by atoms with Gasteiger partial charge in [-0.1, -0.05) is 5.16 Å². The van der Waals surface area contributed by atoms with Gasteiger partial charge in [0, 0.05) is 35.9 Å². The van der Waals surface area contributed by atoms with Crippen molar-refractivity contribution in [3.05, 3.63) is 41.8 Å². The zero-order valence-corrected chi connectivity index (χ0v) is 16.1. The molecule has 2 amide bonds. The van der Waals surface area contributed by atoms with Crippen LogP contribution in [0.2, 0.25) is 0 Å². The van der Waals surface area contributed by atoms with E-state index in [2.05, 4.69) is 20.5 Å². The first kappa shape index (κ1) is 20.6. The Bertz CT molecular complexity index is 916. The van der Waals surface area contributed by atoms with Gasteiger partial charge in [-0.15, -0.1) is 0 Å². The van der Waals surface area contributed by atoms with Gasteiger partial charge in [0.25, 0.3) is 5.91 Å². The van der Waals surface area contributed by atoms with Gasteiger partial charge < -0.3 is 15.2 Å². The molecule has 1 aliphatic rings. The van der Waals surface area contributed by atoms with Crippen LogP contribution in [-0.2, 0) is 14.8 Å². The highest BCUT2D eigenvalue weighted by atomic mass is 32.2. The smallest absolute Gasteiger partial charge is 0.273 e. The van der Waals surface area contributed by atoms with Gasteiger partial charge >= 0.3 is 0 Å². The minimum absolute atomic E-state index is 0. The summed E-state index contributed by atoms with van der Waals surface area (Å²) in [6.45, 7) is 1.39. The van der Waals surface area contributed by atoms with Gasteiger partial charge in [-0.3, -0.25) is 9.59 Å². The molecule has 0 aliphatic heterocycles. The van der Waals surface area contributed by atoms with Crippen molar-refractivity contribution in [1.82, 2.24) is 15.2 Å². The Labute approximate surface area is 162 Å². The molecule has 0 bridgehead atoms. The SMILES string of the molecule is CNC(=O)c1cc(C2CC2)on1.CNS(=O)(=O)c1ccc(NC(C)=O)cc1.[HH].[HH].[HH]. The minimum Gasteiger partial charge on any atom is -0.360 e. The van der Waals surface area contributed by atoms with E-state index in [9.17, 15) is 18.0 Å². The van der Waals surface area contributed by atoms with Gasteiger partial charge in [-0.05, 0) is 44.2 Å². The van der Waals surface area contributed by atoms with Crippen molar-refractivity contribution in [2.45, 2.75) is 30.6 Å². The second-order valence-corrected chi connectivity index (χ2v) is 7.77. The molecule has 0 radical (unpaired) electrons. The first-order valence-corrected chi connectivity index (χ1v) is 9.75. The first-order valence-electron chi connectivity index (χ1n) is 8.26. The lowest BCUT2D eigenvalue weighted by atomic mass is 10.3. The second kappa shape index (κ2) is 8.78. The van der Waals surface area contributed by atoms with Gasteiger partial charge in [0.15, 0.2) is 5.69 Å². The molecule has 1 heterocycles. The summed E-state index contributed by atoms with van der Waals surface area (Å²) in [7, 11) is -0.485. The third-order valence-electron chi connectivity index (χ3n) is 3.72. The summed E-state index contributed by atoms with van der Waals surface area (Å²) >= 11 is 0. The summed E-state index contributed by atoms with van der Waals surface area (Å²) in [5, 5.41) is 8.70. The molecule has 3 N–H and O–H groups in total. The van der Waals surface area contributed by atoms with Crippen LogP contribution in [0.15, 0.2) is 39.8 Å². The van der Waals surface area contributed by atoms with E-state index in [1.807, 2.05) is 0 Å². The molecule has 3 rings (SSSR count). The van der Waals surface area contributed by atoms with E-state index in [-0.39, 0.29) is 21.0 Å². The highest BCUT2D eigenvalue weighted by molar-refractivity contribution is 7.89. The van der Waals surface area contributed by atoms with Crippen LogP contribution in [-0.4, -0.2) is 39.5 Å². The van der Waals surface area contributed by atoms with Crippen molar-refractivity contribution in [1.29, 1.82) is 0 Å². The van der Waals surface area contributed by atoms with Gasteiger partial charge in [0.2, 0.25) is 15.9 Å². The van der Waals surface area contributed by atoms with Crippen LogP contribution in [0.25, 0.3) is 0 Å². The Hall–Kier alpha value is -2.72. The first-order chi connectivity index (χ1) is 12.8. The van der Waals surface area contributed by atoms with Gasteiger partial charge in [-0.25, -0.2) is 13.1 Å². The number of sulfonamides is 1.